The van der Waals surface area contributed by atoms with E-state index in [-0.39, 0.29) is 6.04 Å². The lowest BCUT2D eigenvalue weighted by Gasteiger charge is -2.25. The molecule has 1 aromatic heterocycles. The first kappa shape index (κ1) is 21.0. The summed E-state index contributed by atoms with van der Waals surface area (Å²) >= 11 is 0. The summed E-state index contributed by atoms with van der Waals surface area (Å²) in [4.78, 5) is 3.70. The summed E-state index contributed by atoms with van der Waals surface area (Å²) in [5, 5.41) is 7.21. The summed E-state index contributed by atoms with van der Waals surface area (Å²) in [6, 6.07) is 9.39. The number of H-pyrrole nitrogens is 1. The van der Waals surface area contributed by atoms with Crippen molar-refractivity contribution < 1.29 is 4.74 Å². The number of unbranched alkanes of at least 4 members (excludes halogenated alkanes) is 1. The van der Waals surface area contributed by atoms with Crippen molar-refractivity contribution in [1.82, 2.24) is 15.6 Å². The van der Waals surface area contributed by atoms with Crippen LogP contribution in [0.2, 0.25) is 0 Å². The van der Waals surface area contributed by atoms with E-state index in [0.29, 0.717) is 6.04 Å². The second kappa shape index (κ2) is 9.71. The monoisotopic (exact) mass is 408 g/mol. The van der Waals surface area contributed by atoms with Crippen LogP contribution < -0.4 is 21.1 Å². The number of ether oxygens (including phenoxy) is 1. The van der Waals surface area contributed by atoms with Crippen molar-refractivity contribution in [1.29, 1.82) is 0 Å². The van der Waals surface area contributed by atoms with Gasteiger partial charge in [-0.3, -0.25) is 0 Å². The highest BCUT2D eigenvalue weighted by Crippen LogP contribution is 2.35. The number of nitrogens with one attached hydrogen (secondary N) is 3. The molecule has 0 fully saturated rings. The molecule has 2 aromatic rings. The Balaban J connectivity index is 1.34. The molecule has 2 heterocycles. The van der Waals surface area contributed by atoms with Crippen LogP contribution in [0.3, 0.4) is 0 Å². The van der Waals surface area contributed by atoms with Gasteiger partial charge in [-0.1, -0.05) is 19.1 Å². The SMILES string of the molecule is CCC(C)NCCCCOc1ccc(C2NCCc3c2[nH]c2c3C=C(N)CC2)cc1. The molecule has 2 atom stereocenters. The molecule has 0 spiro atoms. The highest BCUT2D eigenvalue weighted by Gasteiger charge is 2.28. The Labute approximate surface area is 180 Å². The molecule has 1 aromatic carbocycles. The molecule has 4 rings (SSSR count). The molecule has 5 nitrogen and oxygen atoms in total. The lowest BCUT2D eigenvalue weighted by Crippen LogP contribution is -2.30. The normalized spacial score (nSPS) is 19.0. The average molecular weight is 409 g/mol. The molecule has 0 saturated carbocycles. The highest BCUT2D eigenvalue weighted by atomic mass is 16.5. The Morgan fingerprint density at radius 3 is 2.80 bits per heavy atom. The van der Waals surface area contributed by atoms with E-state index in [2.05, 4.69) is 59.8 Å². The molecular formula is C25H36N4O. The van der Waals surface area contributed by atoms with Crippen molar-refractivity contribution >= 4 is 6.08 Å². The summed E-state index contributed by atoms with van der Waals surface area (Å²) < 4.78 is 5.95. The summed E-state index contributed by atoms with van der Waals surface area (Å²) in [7, 11) is 0. The molecule has 1 aliphatic heterocycles. The van der Waals surface area contributed by atoms with Gasteiger partial charge in [0.25, 0.3) is 0 Å². The van der Waals surface area contributed by atoms with E-state index in [0.717, 1.165) is 63.2 Å². The Bertz CT molecular complexity index is 868. The van der Waals surface area contributed by atoms with Gasteiger partial charge in [0, 0.05) is 35.2 Å². The van der Waals surface area contributed by atoms with Crippen molar-refractivity contribution in [3.05, 3.63) is 58.0 Å². The fraction of sp³-hybridized carbons (Fsp3) is 0.520. The predicted molar refractivity (Wildman–Crippen MR) is 124 cm³/mol. The van der Waals surface area contributed by atoms with Crippen molar-refractivity contribution in [2.45, 2.75) is 64.5 Å². The van der Waals surface area contributed by atoms with E-state index >= 15 is 0 Å². The molecule has 2 unspecified atom stereocenters. The third kappa shape index (κ3) is 4.73. The van der Waals surface area contributed by atoms with Gasteiger partial charge in [-0.2, -0.15) is 0 Å². The zero-order valence-electron chi connectivity index (χ0n) is 18.4. The average Bonchev–Trinajstić information content (AvgIpc) is 3.14. The number of benzene rings is 1. The van der Waals surface area contributed by atoms with Crippen LogP contribution in [-0.4, -0.2) is 30.7 Å². The number of rotatable bonds is 9. The third-order valence-electron chi connectivity index (χ3n) is 6.42. The molecule has 162 valence electrons. The Kier molecular flexibility index (Phi) is 6.80. The number of allylic oxidation sites excluding steroid dienone is 1. The van der Waals surface area contributed by atoms with E-state index in [1.54, 1.807) is 0 Å². The lowest BCUT2D eigenvalue weighted by atomic mass is 9.91. The zero-order valence-corrected chi connectivity index (χ0v) is 18.4. The van der Waals surface area contributed by atoms with E-state index in [1.165, 1.54) is 34.5 Å². The number of hydrogen-bond acceptors (Lipinski definition) is 4. The molecule has 5 N–H and O–H groups in total. The fourth-order valence-electron chi connectivity index (χ4n) is 4.44. The summed E-state index contributed by atoms with van der Waals surface area (Å²) in [6.45, 7) is 7.26. The molecule has 2 aliphatic rings. The number of nitrogens with two attached hydrogens (primary N) is 1. The van der Waals surface area contributed by atoms with Gasteiger partial charge in [0.2, 0.25) is 0 Å². The molecule has 0 radical (unpaired) electrons. The van der Waals surface area contributed by atoms with Crippen LogP contribution in [0.5, 0.6) is 5.75 Å². The van der Waals surface area contributed by atoms with E-state index in [9.17, 15) is 0 Å². The maximum absolute atomic E-state index is 6.10. The van der Waals surface area contributed by atoms with Gasteiger partial charge in [0.1, 0.15) is 5.75 Å². The number of aromatic amines is 1. The Morgan fingerprint density at radius 2 is 2.00 bits per heavy atom. The molecular weight excluding hydrogens is 372 g/mol. The van der Waals surface area contributed by atoms with Crippen LogP contribution in [0.25, 0.3) is 6.08 Å². The minimum Gasteiger partial charge on any atom is -0.494 e. The minimum atomic E-state index is 0.203. The largest absolute Gasteiger partial charge is 0.494 e. The number of hydrogen-bond donors (Lipinski definition) is 4. The van der Waals surface area contributed by atoms with Crippen LogP contribution in [0.15, 0.2) is 30.0 Å². The maximum Gasteiger partial charge on any atom is 0.119 e. The number of aromatic nitrogens is 1. The van der Waals surface area contributed by atoms with Crippen molar-refractivity contribution in [2.24, 2.45) is 5.73 Å². The smallest absolute Gasteiger partial charge is 0.119 e. The van der Waals surface area contributed by atoms with Crippen molar-refractivity contribution in [2.75, 3.05) is 19.7 Å². The molecule has 0 amide bonds. The second-order valence-corrected chi connectivity index (χ2v) is 8.65. The van der Waals surface area contributed by atoms with E-state index in [1.807, 2.05) is 0 Å². The number of aryl methyl sites for hydroxylation is 1. The van der Waals surface area contributed by atoms with Gasteiger partial charge >= 0.3 is 0 Å². The first-order valence-corrected chi connectivity index (χ1v) is 11.5. The second-order valence-electron chi connectivity index (χ2n) is 8.65. The quantitative estimate of drug-likeness (QED) is 0.472. The summed E-state index contributed by atoms with van der Waals surface area (Å²) in [6.07, 6.45) is 8.58. The van der Waals surface area contributed by atoms with Gasteiger partial charge in [-0.15, -0.1) is 0 Å². The van der Waals surface area contributed by atoms with E-state index in [4.69, 9.17) is 10.5 Å². The van der Waals surface area contributed by atoms with Gasteiger partial charge in [-0.05, 0) is 81.3 Å². The van der Waals surface area contributed by atoms with Gasteiger partial charge in [0.05, 0.1) is 12.6 Å². The summed E-state index contributed by atoms with van der Waals surface area (Å²) in [5.41, 5.74) is 13.8. The van der Waals surface area contributed by atoms with Crippen LogP contribution in [-0.2, 0) is 12.8 Å². The topological polar surface area (TPSA) is 75.1 Å². The predicted octanol–water partition coefficient (Wildman–Crippen LogP) is 4.04. The summed E-state index contributed by atoms with van der Waals surface area (Å²) in [5.74, 6) is 0.950. The van der Waals surface area contributed by atoms with Gasteiger partial charge in [-0.25, -0.2) is 0 Å². The fourth-order valence-corrected chi connectivity index (χ4v) is 4.44. The molecule has 0 saturated heterocycles. The molecule has 1 aliphatic carbocycles. The Hall–Kier alpha value is -2.24. The number of fused-ring (bicyclic) bond motifs is 3. The van der Waals surface area contributed by atoms with Crippen molar-refractivity contribution in [3.63, 3.8) is 0 Å². The van der Waals surface area contributed by atoms with Crippen LogP contribution in [0.4, 0.5) is 0 Å². The maximum atomic E-state index is 6.10. The van der Waals surface area contributed by atoms with E-state index < -0.39 is 0 Å². The lowest BCUT2D eigenvalue weighted by molar-refractivity contribution is 0.304. The molecule has 0 bridgehead atoms. The Morgan fingerprint density at radius 1 is 1.17 bits per heavy atom. The standard InChI is InChI=1S/C25H36N4O/c1-3-17(2)27-13-4-5-15-30-20-9-6-18(7-10-20)24-25-21(12-14-28-24)22-16-19(26)8-11-23(22)29-25/h6-7,9-10,16-17,24,27-29H,3-5,8,11-15,26H2,1-2H3. The highest BCUT2D eigenvalue weighted by molar-refractivity contribution is 5.64. The van der Waals surface area contributed by atoms with Crippen LogP contribution >= 0.6 is 0 Å². The van der Waals surface area contributed by atoms with Crippen LogP contribution in [0, 0.1) is 0 Å². The third-order valence-corrected chi connectivity index (χ3v) is 6.42. The molecule has 5 heteroatoms. The van der Waals surface area contributed by atoms with Crippen LogP contribution in [0.1, 0.15) is 73.7 Å². The zero-order chi connectivity index (χ0) is 20.9. The van der Waals surface area contributed by atoms with Crippen molar-refractivity contribution in [3.8, 4) is 5.75 Å². The first-order chi connectivity index (χ1) is 14.7. The van der Waals surface area contributed by atoms with Gasteiger partial charge < -0.3 is 26.1 Å². The minimum absolute atomic E-state index is 0.203. The first-order valence-electron chi connectivity index (χ1n) is 11.5. The molecule has 30 heavy (non-hydrogen) atoms. The van der Waals surface area contributed by atoms with Gasteiger partial charge in [0.15, 0.2) is 0 Å².